The summed E-state index contributed by atoms with van der Waals surface area (Å²) in [6, 6.07) is 28.1. The summed E-state index contributed by atoms with van der Waals surface area (Å²) in [6.45, 7) is 7.05. The Morgan fingerprint density at radius 3 is 2.51 bits per heavy atom. The first-order valence-electron chi connectivity index (χ1n) is 14.9. The van der Waals surface area contributed by atoms with Crippen LogP contribution < -0.4 is 5.32 Å². The highest BCUT2D eigenvalue weighted by atomic mass is 19.1. The molecule has 0 radical (unpaired) electrons. The van der Waals surface area contributed by atoms with Gasteiger partial charge in [-0.05, 0) is 110 Å². The van der Waals surface area contributed by atoms with Crippen molar-refractivity contribution in [3.8, 4) is 11.3 Å². The second kappa shape index (κ2) is 11.9. The van der Waals surface area contributed by atoms with Gasteiger partial charge in [-0.3, -0.25) is 4.79 Å². The van der Waals surface area contributed by atoms with Crippen LogP contribution >= 0.6 is 0 Å². The summed E-state index contributed by atoms with van der Waals surface area (Å²) in [6.07, 6.45) is 4.28. The molecule has 4 nitrogen and oxygen atoms in total. The number of piperidine rings is 1. The average Bonchev–Trinajstić information content (AvgIpc) is 3.37. The number of benzene rings is 4. The number of likely N-dealkylation sites (tertiary alicyclic amines) is 1. The first-order chi connectivity index (χ1) is 20.0. The van der Waals surface area contributed by atoms with Crippen LogP contribution in [-0.4, -0.2) is 35.4 Å². The lowest BCUT2D eigenvalue weighted by atomic mass is 9.89. The fraction of sp³-hybridized carbons (Fsp3) is 0.306. The van der Waals surface area contributed by atoms with E-state index in [0.717, 1.165) is 67.8 Å². The highest BCUT2D eigenvalue weighted by Crippen LogP contribution is 2.36. The Balaban J connectivity index is 1.13. The minimum Gasteiger partial charge on any atom is -0.354 e. The number of aromatic nitrogens is 1. The zero-order chi connectivity index (χ0) is 28.3. The SMILES string of the molecule is CC(C)C(=O)Nc1cccc(C2CCN(CCCc3c(-c4ccc(F)cc4)[nH]c4c3ccc3ccccc34)CC2)c1. The van der Waals surface area contributed by atoms with Crippen molar-refractivity contribution in [2.45, 2.75) is 45.4 Å². The molecule has 0 atom stereocenters. The molecule has 4 aromatic carbocycles. The Bertz CT molecular complexity index is 1660. The summed E-state index contributed by atoms with van der Waals surface area (Å²) in [7, 11) is 0. The highest BCUT2D eigenvalue weighted by molar-refractivity contribution is 6.08. The molecule has 2 heterocycles. The number of nitrogens with zero attached hydrogens (tertiary/aromatic N) is 1. The number of amides is 1. The van der Waals surface area contributed by atoms with Gasteiger partial charge in [-0.25, -0.2) is 4.39 Å². The Hall–Kier alpha value is -3.96. The van der Waals surface area contributed by atoms with Crippen LogP contribution in [0.5, 0.6) is 0 Å². The fourth-order valence-corrected chi connectivity index (χ4v) is 6.24. The smallest absolute Gasteiger partial charge is 0.226 e. The van der Waals surface area contributed by atoms with Crippen LogP contribution in [0.3, 0.4) is 0 Å². The number of carbonyl (C=O) groups excluding carboxylic acids is 1. The number of aromatic amines is 1. The van der Waals surface area contributed by atoms with Crippen LogP contribution in [0.1, 0.15) is 50.2 Å². The normalized spacial score (nSPS) is 14.7. The molecule has 0 unspecified atom stereocenters. The third-order valence-electron chi connectivity index (χ3n) is 8.58. The van der Waals surface area contributed by atoms with Crippen LogP contribution in [0.2, 0.25) is 0 Å². The number of aryl methyl sites for hydroxylation is 1. The van der Waals surface area contributed by atoms with Crippen molar-refractivity contribution in [3.05, 3.63) is 102 Å². The maximum atomic E-state index is 13.7. The van der Waals surface area contributed by atoms with Gasteiger partial charge in [0.05, 0.1) is 5.52 Å². The molecule has 1 fully saturated rings. The minimum absolute atomic E-state index is 0.0303. The number of rotatable bonds is 8. The van der Waals surface area contributed by atoms with Crippen LogP contribution in [0.15, 0.2) is 84.9 Å². The molecule has 210 valence electrons. The van der Waals surface area contributed by atoms with Crippen molar-refractivity contribution >= 4 is 33.3 Å². The molecule has 0 bridgehead atoms. The van der Waals surface area contributed by atoms with E-state index in [1.807, 2.05) is 32.0 Å². The Labute approximate surface area is 241 Å². The first-order valence-corrected chi connectivity index (χ1v) is 14.9. The summed E-state index contributed by atoms with van der Waals surface area (Å²) >= 11 is 0. The molecule has 1 saturated heterocycles. The maximum absolute atomic E-state index is 13.7. The summed E-state index contributed by atoms with van der Waals surface area (Å²) in [5.41, 5.74) is 6.81. The molecule has 5 aromatic rings. The van der Waals surface area contributed by atoms with Crippen molar-refractivity contribution in [1.29, 1.82) is 0 Å². The molecule has 5 heteroatoms. The van der Waals surface area contributed by atoms with Gasteiger partial charge in [0, 0.05) is 28.1 Å². The van der Waals surface area contributed by atoms with E-state index in [9.17, 15) is 9.18 Å². The number of H-pyrrole nitrogens is 1. The molecule has 2 N–H and O–H groups in total. The van der Waals surface area contributed by atoms with Gasteiger partial charge in [0.2, 0.25) is 5.91 Å². The fourth-order valence-electron chi connectivity index (χ4n) is 6.24. The number of halogens is 1. The van der Waals surface area contributed by atoms with Crippen LogP contribution in [-0.2, 0) is 11.2 Å². The van der Waals surface area contributed by atoms with E-state index >= 15 is 0 Å². The second-order valence-corrected chi connectivity index (χ2v) is 11.7. The van der Waals surface area contributed by atoms with Gasteiger partial charge in [-0.15, -0.1) is 0 Å². The number of carbonyl (C=O) groups is 1. The molecule has 1 amide bonds. The third kappa shape index (κ3) is 5.91. The largest absolute Gasteiger partial charge is 0.354 e. The summed E-state index contributed by atoms with van der Waals surface area (Å²) in [5, 5.41) is 6.73. The van der Waals surface area contributed by atoms with Crippen molar-refractivity contribution in [2.24, 2.45) is 5.92 Å². The van der Waals surface area contributed by atoms with Crippen molar-refractivity contribution in [3.63, 3.8) is 0 Å². The minimum atomic E-state index is -0.215. The van der Waals surface area contributed by atoms with Crippen LogP contribution in [0, 0.1) is 11.7 Å². The molecule has 6 rings (SSSR count). The molecule has 0 saturated carbocycles. The molecule has 0 aliphatic carbocycles. The predicted molar refractivity (Wildman–Crippen MR) is 168 cm³/mol. The number of nitrogens with one attached hydrogen (secondary N) is 2. The molecule has 1 aliphatic heterocycles. The Kier molecular flexibility index (Phi) is 7.89. The van der Waals surface area contributed by atoms with E-state index in [1.54, 1.807) is 12.1 Å². The van der Waals surface area contributed by atoms with Gasteiger partial charge < -0.3 is 15.2 Å². The van der Waals surface area contributed by atoms with E-state index in [4.69, 9.17) is 0 Å². The van der Waals surface area contributed by atoms with E-state index in [0.29, 0.717) is 5.92 Å². The molecule has 0 spiro atoms. The van der Waals surface area contributed by atoms with Crippen LogP contribution in [0.4, 0.5) is 10.1 Å². The van der Waals surface area contributed by atoms with Gasteiger partial charge in [0.1, 0.15) is 5.82 Å². The van der Waals surface area contributed by atoms with Crippen LogP contribution in [0.25, 0.3) is 32.9 Å². The number of hydrogen-bond acceptors (Lipinski definition) is 2. The Morgan fingerprint density at radius 1 is 0.951 bits per heavy atom. The number of hydrogen-bond donors (Lipinski definition) is 2. The first kappa shape index (κ1) is 27.2. The van der Waals surface area contributed by atoms with Gasteiger partial charge >= 0.3 is 0 Å². The predicted octanol–water partition coefficient (Wildman–Crippen LogP) is 8.53. The standard InChI is InChI=1S/C36H38FN3O/c1-24(2)36(41)38-30-9-5-8-28(23-30)25-18-21-40(22-19-25)20-6-11-32-33-17-14-26-7-3-4-10-31(26)35(33)39-34(32)27-12-15-29(37)16-13-27/h3-5,7-10,12-17,23-25,39H,6,11,18-22H2,1-2H3,(H,38,41). The molecular weight excluding hydrogens is 509 g/mol. The lowest BCUT2D eigenvalue weighted by Crippen LogP contribution is -2.33. The van der Waals surface area contributed by atoms with Gasteiger partial charge in [-0.1, -0.05) is 62.4 Å². The molecule has 1 aliphatic rings. The number of fused-ring (bicyclic) bond motifs is 3. The lowest BCUT2D eigenvalue weighted by Gasteiger charge is -2.32. The number of anilines is 1. The van der Waals surface area contributed by atoms with E-state index in [2.05, 4.69) is 69.8 Å². The summed E-state index contributed by atoms with van der Waals surface area (Å²) in [4.78, 5) is 18.4. The van der Waals surface area contributed by atoms with Crippen molar-refractivity contribution in [1.82, 2.24) is 9.88 Å². The van der Waals surface area contributed by atoms with Crippen molar-refractivity contribution < 1.29 is 9.18 Å². The topological polar surface area (TPSA) is 48.1 Å². The Morgan fingerprint density at radius 2 is 1.73 bits per heavy atom. The van der Waals surface area contributed by atoms with Gasteiger partial charge in [0.25, 0.3) is 0 Å². The summed E-state index contributed by atoms with van der Waals surface area (Å²) in [5.74, 6) is 0.335. The zero-order valence-electron chi connectivity index (χ0n) is 23.9. The lowest BCUT2D eigenvalue weighted by molar-refractivity contribution is -0.118. The average molecular weight is 548 g/mol. The maximum Gasteiger partial charge on any atom is 0.226 e. The van der Waals surface area contributed by atoms with E-state index in [1.165, 1.54) is 27.3 Å². The quantitative estimate of drug-likeness (QED) is 0.205. The highest BCUT2D eigenvalue weighted by Gasteiger charge is 2.22. The molecule has 41 heavy (non-hydrogen) atoms. The molecule has 1 aromatic heterocycles. The van der Waals surface area contributed by atoms with Crippen molar-refractivity contribution in [2.75, 3.05) is 25.0 Å². The van der Waals surface area contributed by atoms with Gasteiger partial charge in [-0.2, -0.15) is 0 Å². The zero-order valence-corrected chi connectivity index (χ0v) is 23.9. The van der Waals surface area contributed by atoms with E-state index < -0.39 is 0 Å². The van der Waals surface area contributed by atoms with E-state index in [-0.39, 0.29) is 17.6 Å². The third-order valence-corrected chi connectivity index (χ3v) is 8.58. The second-order valence-electron chi connectivity index (χ2n) is 11.7. The van der Waals surface area contributed by atoms with Gasteiger partial charge in [0.15, 0.2) is 0 Å². The summed E-state index contributed by atoms with van der Waals surface area (Å²) < 4.78 is 13.7. The molecular formula is C36H38FN3O. The monoisotopic (exact) mass is 547 g/mol.